The average molecular weight is 270 g/mol. The molecule has 20 heavy (non-hydrogen) atoms. The van der Waals surface area contributed by atoms with Crippen molar-refractivity contribution in [2.24, 2.45) is 10.7 Å². The van der Waals surface area contributed by atoms with Crippen LogP contribution in [0.2, 0.25) is 0 Å². The summed E-state index contributed by atoms with van der Waals surface area (Å²) in [5.74, 6) is 0.786. The Hall–Kier alpha value is -1.55. The molecule has 2 aliphatic heterocycles. The first kappa shape index (κ1) is 12.2. The first-order valence-corrected chi connectivity index (χ1v) is 7.62. The zero-order chi connectivity index (χ0) is 13.6. The van der Waals surface area contributed by atoms with Crippen molar-refractivity contribution in [3.63, 3.8) is 0 Å². The summed E-state index contributed by atoms with van der Waals surface area (Å²) in [5.41, 5.74) is 7.72. The van der Waals surface area contributed by atoms with Gasteiger partial charge >= 0.3 is 0 Å². The molecule has 2 N–H and O–H groups in total. The van der Waals surface area contributed by atoms with Gasteiger partial charge in [0.15, 0.2) is 5.96 Å². The lowest BCUT2D eigenvalue weighted by atomic mass is 9.97. The molecule has 1 aromatic rings. The van der Waals surface area contributed by atoms with Gasteiger partial charge in [0, 0.05) is 25.7 Å². The Morgan fingerprint density at radius 2 is 2.05 bits per heavy atom. The van der Waals surface area contributed by atoms with Crippen molar-refractivity contribution in [2.75, 3.05) is 19.6 Å². The fourth-order valence-electron chi connectivity index (χ4n) is 3.77. The summed E-state index contributed by atoms with van der Waals surface area (Å²) in [4.78, 5) is 9.55. The quantitative estimate of drug-likeness (QED) is 0.903. The third kappa shape index (κ3) is 1.99. The fraction of sp³-hybridized carbons (Fsp3) is 0.562. The molecule has 2 fully saturated rings. The summed E-state index contributed by atoms with van der Waals surface area (Å²) in [7, 11) is 0. The minimum Gasteiger partial charge on any atom is -0.370 e. The first-order valence-electron chi connectivity index (χ1n) is 7.62. The molecule has 0 bridgehead atoms. The Labute approximate surface area is 120 Å². The molecule has 106 valence electrons. The van der Waals surface area contributed by atoms with Crippen LogP contribution in [0.15, 0.2) is 35.3 Å². The molecule has 0 radical (unpaired) electrons. The van der Waals surface area contributed by atoms with Crippen molar-refractivity contribution in [1.82, 2.24) is 9.80 Å². The Kier molecular flexibility index (Phi) is 2.74. The second-order valence-electron chi connectivity index (χ2n) is 6.45. The molecule has 1 atom stereocenters. The van der Waals surface area contributed by atoms with Gasteiger partial charge < -0.3 is 10.6 Å². The largest absolute Gasteiger partial charge is 0.370 e. The van der Waals surface area contributed by atoms with Gasteiger partial charge in [-0.1, -0.05) is 30.3 Å². The zero-order valence-corrected chi connectivity index (χ0v) is 11.8. The van der Waals surface area contributed by atoms with E-state index in [0.29, 0.717) is 6.04 Å². The molecule has 0 aromatic heterocycles. The fourth-order valence-corrected chi connectivity index (χ4v) is 3.77. The van der Waals surface area contributed by atoms with Crippen molar-refractivity contribution in [3.8, 4) is 0 Å². The number of hydrogen-bond donors (Lipinski definition) is 1. The highest BCUT2D eigenvalue weighted by molar-refractivity contribution is 5.81. The van der Waals surface area contributed by atoms with Gasteiger partial charge in [-0.15, -0.1) is 0 Å². The van der Waals surface area contributed by atoms with E-state index >= 15 is 0 Å². The average Bonchev–Trinajstić information content (AvgIpc) is 3.13. The van der Waals surface area contributed by atoms with E-state index in [1.165, 1.54) is 24.8 Å². The van der Waals surface area contributed by atoms with E-state index in [-0.39, 0.29) is 5.54 Å². The van der Waals surface area contributed by atoms with Crippen LogP contribution in [-0.4, -0.2) is 47.0 Å². The minimum absolute atomic E-state index is 0.194. The van der Waals surface area contributed by atoms with Gasteiger partial charge in [-0.3, -0.25) is 9.89 Å². The summed E-state index contributed by atoms with van der Waals surface area (Å²) < 4.78 is 0. The molecule has 3 aliphatic rings. The Bertz CT molecular complexity index is 523. The van der Waals surface area contributed by atoms with E-state index in [9.17, 15) is 0 Å². The molecule has 4 rings (SSSR count). The SMILES string of the molecule is NC1=NCC2(CCN(Cc3ccccc3)C2)N1C1CC1. The molecule has 1 saturated carbocycles. The number of nitrogens with zero attached hydrogens (tertiary/aromatic N) is 3. The Morgan fingerprint density at radius 3 is 2.80 bits per heavy atom. The summed E-state index contributed by atoms with van der Waals surface area (Å²) in [5, 5.41) is 0. The summed E-state index contributed by atoms with van der Waals surface area (Å²) in [6, 6.07) is 11.4. The van der Waals surface area contributed by atoms with Crippen LogP contribution < -0.4 is 5.73 Å². The maximum absolute atomic E-state index is 6.13. The molecular weight excluding hydrogens is 248 g/mol. The number of hydrogen-bond acceptors (Lipinski definition) is 4. The van der Waals surface area contributed by atoms with E-state index < -0.39 is 0 Å². The van der Waals surface area contributed by atoms with Crippen LogP contribution in [0.25, 0.3) is 0 Å². The topological polar surface area (TPSA) is 44.9 Å². The molecule has 0 amide bonds. The molecule has 4 heteroatoms. The predicted molar refractivity (Wildman–Crippen MR) is 80.4 cm³/mol. The standard InChI is InChI=1S/C16H22N4/c17-15-18-11-16(20(15)14-6-7-14)8-9-19(12-16)10-13-4-2-1-3-5-13/h1-5,14H,6-12H2,(H2,17,18). The summed E-state index contributed by atoms with van der Waals surface area (Å²) in [6.45, 7) is 4.19. The Morgan fingerprint density at radius 1 is 1.25 bits per heavy atom. The number of nitrogens with two attached hydrogens (primary N) is 1. The summed E-state index contributed by atoms with van der Waals surface area (Å²) >= 11 is 0. The number of benzene rings is 1. The van der Waals surface area contributed by atoms with Crippen LogP contribution in [-0.2, 0) is 6.54 Å². The van der Waals surface area contributed by atoms with Crippen molar-refractivity contribution in [3.05, 3.63) is 35.9 Å². The van der Waals surface area contributed by atoms with Gasteiger partial charge in [0.1, 0.15) is 0 Å². The number of likely N-dealkylation sites (tertiary alicyclic amines) is 1. The lowest BCUT2D eigenvalue weighted by Gasteiger charge is -2.36. The number of rotatable bonds is 3. The maximum atomic E-state index is 6.13. The summed E-state index contributed by atoms with van der Waals surface area (Å²) in [6.07, 6.45) is 3.77. The molecule has 1 saturated heterocycles. The molecule has 2 heterocycles. The van der Waals surface area contributed by atoms with Crippen LogP contribution in [0, 0.1) is 0 Å². The lowest BCUT2D eigenvalue weighted by Crippen LogP contribution is -2.54. The van der Waals surface area contributed by atoms with Crippen LogP contribution in [0.1, 0.15) is 24.8 Å². The van der Waals surface area contributed by atoms with Crippen LogP contribution in [0.4, 0.5) is 0 Å². The van der Waals surface area contributed by atoms with E-state index in [0.717, 1.165) is 32.1 Å². The predicted octanol–water partition coefficient (Wildman–Crippen LogP) is 1.42. The van der Waals surface area contributed by atoms with Gasteiger partial charge in [0.25, 0.3) is 0 Å². The van der Waals surface area contributed by atoms with Crippen LogP contribution in [0.3, 0.4) is 0 Å². The van der Waals surface area contributed by atoms with Gasteiger partial charge in [-0.05, 0) is 24.8 Å². The second kappa shape index (κ2) is 4.48. The molecule has 1 aliphatic carbocycles. The third-order valence-corrected chi connectivity index (χ3v) is 4.87. The highest BCUT2D eigenvalue weighted by Crippen LogP contribution is 2.40. The van der Waals surface area contributed by atoms with Crippen LogP contribution >= 0.6 is 0 Å². The molecule has 4 nitrogen and oxygen atoms in total. The van der Waals surface area contributed by atoms with E-state index in [4.69, 9.17) is 5.73 Å². The van der Waals surface area contributed by atoms with E-state index in [2.05, 4.69) is 45.1 Å². The molecule has 1 spiro atoms. The van der Waals surface area contributed by atoms with Gasteiger partial charge in [0.2, 0.25) is 0 Å². The molecule has 1 aromatic carbocycles. The van der Waals surface area contributed by atoms with Crippen LogP contribution in [0.5, 0.6) is 0 Å². The first-order chi connectivity index (χ1) is 9.77. The monoisotopic (exact) mass is 270 g/mol. The second-order valence-corrected chi connectivity index (χ2v) is 6.45. The normalized spacial score (nSPS) is 30.2. The third-order valence-electron chi connectivity index (χ3n) is 4.87. The van der Waals surface area contributed by atoms with Crippen molar-refractivity contribution >= 4 is 5.96 Å². The van der Waals surface area contributed by atoms with Gasteiger partial charge in [0.05, 0.1) is 12.1 Å². The molecule has 1 unspecified atom stereocenters. The van der Waals surface area contributed by atoms with E-state index in [1.807, 2.05) is 0 Å². The minimum atomic E-state index is 0.194. The van der Waals surface area contributed by atoms with Crippen molar-refractivity contribution in [1.29, 1.82) is 0 Å². The maximum Gasteiger partial charge on any atom is 0.192 e. The Balaban J connectivity index is 1.47. The number of aliphatic imine (C=N–C) groups is 1. The van der Waals surface area contributed by atoms with Crippen molar-refractivity contribution in [2.45, 2.75) is 37.4 Å². The number of guanidine groups is 1. The van der Waals surface area contributed by atoms with Gasteiger partial charge in [-0.25, -0.2) is 0 Å². The smallest absolute Gasteiger partial charge is 0.192 e. The molecular formula is C16H22N4. The highest BCUT2D eigenvalue weighted by Gasteiger charge is 2.51. The lowest BCUT2D eigenvalue weighted by molar-refractivity contribution is 0.186. The van der Waals surface area contributed by atoms with E-state index in [1.54, 1.807) is 0 Å². The van der Waals surface area contributed by atoms with Crippen molar-refractivity contribution < 1.29 is 0 Å². The highest BCUT2D eigenvalue weighted by atomic mass is 15.4. The zero-order valence-electron chi connectivity index (χ0n) is 11.8. The van der Waals surface area contributed by atoms with Gasteiger partial charge in [-0.2, -0.15) is 0 Å².